The number of nitrogens with zero attached hydrogens (tertiary/aromatic N) is 4. The zero-order valence-electron chi connectivity index (χ0n) is 14.6. The van der Waals surface area contributed by atoms with Crippen LogP contribution in [0, 0.1) is 13.8 Å². The predicted octanol–water partition coefficient (Wildman–Crippen LogP) is 2.47. The summed E-state index contributed by atoms with van der Waals surface area (Å²) in [6.07, 6.45) is 3.16. The number of hydrogen-bond acceptors (Lipinski definition) is 7. The van der Waals surface area contributed by atoms with Gasteiger partial charge in [-0.25, -0.2) is 4.98 Å². The fourth-order valence-corrected chi connectivity index (χ4v) is 2.64. The van der Waals surface area contributed by atoms with Gasteiger partial charge in [-0.3, -0.25) is 4.79 Å². The number of nitrogen functional groups attached to an aromatic ring is 1. The molecular weight excluding hydrogens is 352 g/mol. The fourth-order valence-electron chi connectivity index (χ4n) is 2.27. The van der Waals surface area contributed by atoms with Crippen LogP contribution in [0.3, 0.4) is 0 Å². The normalized spacial score (nSPS) is 10.7. The lowest BCUT2D eigenvalue weighted by atomic mass is 10.1. The van der Waals surface area contributed by atoms with Gasteiger partial charge >= 0.3 is 0 Å². The van der Waals surface area contributed by atoms with E-state index >= 15 is 0 Å². The molecule has 0 saturated heterocycles. The zero-order valence-corrected chi connectivity index (χ0v) is 15.4. The van der Waals surface area contributed by atoms with Crippen molar-refractivity contribution >= 4 is 23.5 Å². The van der Waals surface area contributed by atoms with Crippen LogP contribution in [-0.4, -0.2) is 31.9 Å². The number of carbonyl (C=O) groups is 1. The van der Waals surface area contributed by atoms with Crippen LogP contribution >= 0.6 is 11.8 Å². The summed E-state index contributed by atoms with van der Waals surface area (Å²) >= 11 is 1.35. The Hall–Kier alpha value is -3.07. The summed E-state index contributed by atoms with van der Waals surface area (Å²) in [5.41, 5.74) is 13.7. The number of aryl methyl sites for hydroxylation is 2. The maximum Gasteiger partial charge on any atom is 0.254 e. The first-order valence-corrected chi connectivity index (χ1v) is 8.93. The molecule has 0 spiro atoms. The van der Waals surface area contributed by atoms with Gasteiger partial charge in [0, 0.05) is 6.07 Å². The Labute approximate surface area is 154 Å². The maximum atomic E-state index is 11.4. The topological polar surface area (TPSA) is 122 Å². The van der Waals surface area contributed by atoms with Crippen molar-refractivity contribution in [1.82, 2.24) is 19.7 Å². The van der Waals surface area contributed by atoms with E-state index in [1.54, 1.807) is 6.07 Å². The molecule has 0 radical (unpaired) electrons. The number of ether oxygens (including phenoxy) is 1. The van der Waals surface area contributed by atoms with E-state index < -0.39 is 5.91 Å². The number of benzene rings is 1. The molecule has 4 N–H and O–H groups in total. The lowest BCUT2D eigenvalue weighted by molar-refractivity contribution is 0.100. The third kappa shape index (κ3) is 3.47. The minimum Gasteiger partial charge on any atom is -0.439 e. The van der Waals surface area contributed by atoms with Gasteiger partial charge < -0.3 is 16.2 Å². The lowest BCUT2D eigenvalue weighted by Gasteiger charge is -2.10. The number of nitrogens with two attached hydrogens (primary N) is 2. The zero-order chi connectivity index (χ0) is 18.8. The van der Waals surface area contributed by atoms with Crippen LogP contribution in [0.25, 0.3) is 5.82 Å². The molecule has 26 heavy (non-hydrogen) atoms. The number of carbonyl (C=O) groups excluding carboxylic acids is 1. The first-order valence-electron chi connectivity index (χ1n) is 7.71. The van der Waals surface area contributed by atoms with Crippen molar-refractivity contribution in [3.8, 4) is 17.4 Å². The summed E-state index contributed by atoms with van der Waals surface area (Å²) < 4.78 is 7.20. The van der Waals surface area contributed by atoms with Crippen molar-refractivity contribution in [2.45, 2.75) is 19.0 Å². The van der Waals surface area contributed by atoms with Crippen molar-refractivity contribution in [2.75, 3.05) is 12.0 Å². The number of aromatic nitrogens is 4. The molecule has 0 bridgehead atoms. The predicted molar refractivity (Wildman–Crippen MR) is 99.9 cm³/mol. The largest absolute Gasteiger partial charge is 0.439 e. The highest BCUT2D eigenvalue weighted by Gasteiger charge is 2.16. The second-order valence-corrected chi connectivity index (χ2v) is 6.39. The molecule has 2 heterocycles. The van der Waals surface area contributed by atoms with E-state index in [0.717, 1.165) is 5.56 Å². The summed E-state index contributed by atoms with van der Waals surface area (Å²) in [5, 5.41) is 4.58. The number of hydrogen-bond donors (Lipinski definition) is 2. The molecule has 1 amide bonds. The Morgan fingerprint density at radius 3 is 2.58 bits per heavy atom. The van der Waals surface area contributed by atoms with Gasteiger partial charge in [0.2, 0.25) is 5.88 Å². The highest BCUT2D eigenvalue weighted by atomic mass is 32.2. The van der Waals surface area contributed by atoms with Crippen molar-refractivity contribution in [2.24, 2.45) is 5.73 Å². The van der Waals surface area contributed by atoms with Crippen LogP contribution in [0.5, 0.6) is 11.6 Å². The summed E-state index contributed by atoms with van der Waals surface area (Å²) in [5.74, 6) is 0.849. The first-order chi connectivity index (χ1) is 12.4. The highest BCUT2D eigenvalue weighted by Crippen LogP contribution is 2.26. The van der Waals surface area contributed by atoms with Gasteiger partial charge in [-0.1, -0.05) is 17.8 Å². The van der Waals surface area contributed by atoms with Gasteiger partial charge in [-0.15, -0.1) is 0 Å². The average molecular weight is 370 g/mol. The standard InChI is InChI=1S/C17H18N6O2S/c1-9-4-5-11(6-10(9)2)25-14-7-13(21-17(22-14)26-3)23-15(18)12(8-20-23)16(19)24/h4-8H,18H2,1-3H3,(H2,19,24). The highest BCUT2D eigenvalue weighted by molar-refractivity contribution is 7.98. The molecule has 2 aromatic heterocycles. The third-order valence-corrected chi connectivity index (χ3v) is 4.39. The number of rotatable bonds is 5. The van der Waals surface area contributed by atoms with Gasteiger partial charge in [0.1, 0.15) is 17.1 Å². The van der Waals surface area contributed by atoms with Crippen LogP contribution in [-0.2, 0) is 0 Å². The van der Waals surface area contributed by atoms with Crippen molar-refractivity contribution in [3.63, 3.8) is 0 Å². The van der Waals surface area contributed by atoms with Gasteiger partial charge in [-0.05, 0) is 43.4 Å². The molecule has 1 aromatic carbocycles. The van der Waals surface area contributed by atoms with E-state index in [1.165, 1.54) is 28.2 Å². The number of amides is 1. The minimum absolute atomic E-state index is 0.111. The van der Waals surface area contributed by atoms with E-state index in [1.807, 2.05) is 38.3 Å². The van der Waals surface area contributed by atoms with Crippen LogP contribution in [0.4, 0.5) is 5.82 Å². The van der Waals surface area contributed by atoms with E-state index in [9.17, 15) is 4.79 Å². The molecule has 0 aliphatic heterocycles. The summed E-state index contributed by atoms with van der Waals surface area (Å²) in [4.78, 5) is 20.1. The van der Waals surface area contributed by atoms with Crippen LogP contribution in [0.1, 0.15) is 21.5 Å². The number of primary amides is 1. The molecule has 0 fully saturated rings. The van der Waals surface area contributed by atoms with Crippen molar-refractivity contribution in [3.05, 3.63) is 47.2 Å². The molecule has 0 aliphatic carbocycles. The SMILES string of the molecule is CSc1nc(Oc2ccc(C)c(C)c2)cc(-n2ncc(C(N)=O)c2N)n1. The van der Waals surface area contributed by atoms with Crippen molar-refractivity contribution in [1.29, 1.82) is 0 Å². The quantitative estimate of drug-likeness (QED) is 0.522. The second kappa shape index (κ2) is 7.04. The molecule has 0 atom stereocenters. The molecule has 3 rings (SSSR count). The molecule has 8 nitrogen and oxygen atoms in total. The monoisotopic (exact) mass is 370 g/mol. The van der Waals surface area contributed by atoms with E-state index in [4.69, 9.17) is 16.2 Å². The Morgan fingerprint density at radius 2 is 1.96 bits per heavy atom. The Bertz CT molecular complexity index is 985. The maximum absolute atomic E-state index is 11.4. The second-order valence-electron chi connectivity index (χ2n) is 5.62. The first kappa shape index (κ1) is 17.7. The van der Waals surface area contributed by atoms with Gasteiger partial charge in [0.25, 0.3) is 5.91 Å². The Morgan fingerprint density at radius 1 is 1.19 bits per heavy atom. The number of thioether (sulfide) groups is 1. The molecule has 3 aromatic rings. The lowest BCUT2D eigenvalue weighted by Crippen LogP contribution is -2.14. The Balaban J connectivity index is 2.01. The molecule has 134 valence electrons. The van der Waals surface area contributed by atoms with Gasteiger partial charge in [0.15, 0.2) is 11.0 Å². The molecule has 0 unspecified atom stereocenters. The van der Waals surface area contributed by atoms with Gasteiger partial charge in [-0.2, -0.15) is 14.8 Å². The molecular formula is C17H18N6O2S. The van der Waals surface area contributed by atoms with Crippen LogP contribution in [0.15, 0.2) is 35.6 Å². The third-order valence-electron chi connectivity index (χ3n) is 3.84. The summed E-state index contributed by atoms with van der Waals surface area (Å²) in [6.45, 7) is 4.04. The average Bonchev–Trinajstić information content (AvgIpc) is 2.99. The van der Waals surface area contributed by atoms with Crippen molar-refractivity contribution < 1.29 is 9.53 Å². The van der Waals surface area contributed by atoms with Crippen LogP contribution < -0.4 is 16.2 Å². The van der Waals surface area contributed by atoms with E-state index in [2.05, 4.69) is 15.1 Å². The van der Waals surface area contributed by atoms with Gasteiger partial charge in [0.05, 0.1) is 6.20 Å². The summed E-state index contributed by atoms with van der Waals surface area (Å²) in [7, 11) is 0. The van der Waals surface area contributed by atoms with Crippen LogP contribution in [0.2, 0.25) is 0 Å². The fraction of sp³-hybridized carbons (Fsp3) is 0.176. The minimum atomic E-state index is -0.653. The summed E-state index contributed by atoms with van der Waals surface area (Å²) in [6, 6.07) is 7.38. The molecule has 0 aliphatic rings. The smallest absolute Gasteiger partial charge is 0.254 e. The van der Waals surface area contributed by atoms with E-state index in [-0.39, 0.29) is 11.4 Å². The Kier molecular flexibility index (Phi) is 4.81. The molecule has 0 saturated carbocycles. The van der Waals surface area contributed by atoms with E-state index in [0.29, 0.717) is 22.6 Å². The molecule has 9 heteroatoms. The number of anilines is 1.